The molecule has 4 nitrogen and oxygen atoms in total. The average molecular weight is 255 g/mol. The van der Waals surface area contributed by atoms with Crippen molar-refractivity contribution in [3.05, 3.63) is 33.3 Å². The molecule has 0 bridgehead atoms. The van der Waals surface area contributed by atoms with Crippen LogP contribution in [0.25, 0.3) is 0 Å². The molecular formula is C12H15ClN2O2. The van der Waals surface area contributed by atoms with E-state index in [-0.39, 0.29) is 15.6 Å². The third-order valence-electron chi connectivity index (χ3n) is 3.31. The van der Waals surface area contributed by atoms with Crippen molar-refractivity contribution < 1.29 is 4.92 Å². The summed E-state index contributed by atoms with van der Waals surface area (Å²) in [5.41, 5.74) is 0.696. The Bertz CT molecular complexity index is 437. The minimum absolute atomic E-state index is 0.0366. The summed E-state index contributed by atoms with van der Waals surface area (Å²) in [6, 6.07) is 5.53. The molecule has 92 valence electrons. The first kappa shape index (κ1) is 12.2. The monoisotopic (exact) mass is 254 g/mol. The van der Waals surface area contributed by atoms with Crippen molar-refractivity contribution in [1.29, 1.82) is 0 Å². The fourth-order valence-corrected chi connectivity index (χ4v) is 2.73. The van der Waals surface area contributed by atoms with Crippen LogP contribution in [0.3, 0.4) is 0 Å². The molecule has 1 aromatic rings. The van der Waals surface area contributed by atoms with Gasteiger partial charge in [0.25, 0.3) is 0 Å². The molecule has 2 rings (SSSR count). The summed E-state index contributed by atoms with van der Waals surface area (Å²) >= 11 is 5.93. The van der Waals surface area contributed by atoms with Crippen molar-refractivity contribution in [2.45, 2.75) is 32.2 Å². The number of nitro benzene ring substituents is 1. The lowest BCUT2D eigenvalue weighted by Gasteiger charge is -2.25. The van der Waals surface area contributed by atoms with E-state index in [9.17, 15) is 10.1 Å². The molecule has 1 heterocycles. The molecule has 0 aliphatic carbocycles. The van der Waals surface area contributed by atoms with Gasteiger partial charge in [-0.15, -0.1) is 0 Å². The van der Waals surface area contributed by atoms with Crippen LogP contribution in [0.2, 0.25) is 5.02 Å². The standard InChI is InChI=1S/C12H15ClN2O2/c1-2-9-5-4-8-14(9)11-7-3-6-10(13)12(11)15(16)17/h3,6-7,9H,2,4-5,8H2,1H3. The Morgan fingerprint density at radius 3 is 3.00 bits per heavy atom. The largest absolute Gasteiger partial charge is 0.363 e. The fraction of sp³-hybridized carbons (Fsp3) is 0.500. The SMILES string of the molecule is CCC1CCCN1c1cccc(Cl)c1[N+](=O)[O-]. The van der Waals surface area contributed by atoms with Gasteiger partial charge in [0.2, 0.25) is 0 Å². The molecule has 0 aromatic heterocycles. The quantitative estimate of drug-likeness (QED) is 0.611. The molecule has 1 saturated heterocycles. The number of nitrogens with zero attached hydrogens (tertiary/aromatic N) is 2. The lowest BCUT2D eigenvalue weighted by atomic mass is 10.1. The van der Waals surface area contributed by atoms with Crippen molar-refractivity contribution in [3.63, 3.8) is 0 Å². The molecule has 1 atom stereocenters. The third-order valence-corrected chi connectivity index (χ3v) is 3.61. The van der Waals surface area contributed by atoms with E-state index in [2.05, 4.69) is 11.8 Å². The van der Waals surface area contributed by atoms with Gasteiger partial charge < -0.3 is 4.90 Å². The lowest BCUT2D eigenvalue weighted by Crippen LogP contribution is -2.29. The molecular weight excluding hydrogens is 240 g/mol. The highest BCUT2D eigenvalue weighted by Crippen LogP contribution is 2.38. The first-order chi connectivity index (χ1) is 8.15. The van der Waals surface area contributed by atoms with Gasteiger partial charge in [0.15, 0.2) is 0 Å². The Balaban J connectivity index is 2.44. The topological polar surface area (TPSA) is 46.4 Å². The molecule has 1 aliphatic heterocycles. The summed E-state index contributed by atoms with van der Waals surface area (Å²) in [6.07, 6.45) is 3.19. The van der Waals surface area contributed by atoms with Crippen LogP contribution in [0.1, 0.15) is 26.2 Å². The zero-order valence-corrected chi connectivity index (χ0v) is 10.5. The fourth-order valence-electron chi connectivity index (χ4n) is 2.49. The van der Waals surface area contributed by atoms with E-state index in [1.54, 1.807) is 18.2 Å². The molecule has 1 aliphatic rings. The number of rotatable bonds is 3. The number of hydrogen-bond acceptors (Lipinski definition) is 3. The third kappa shape index (κ3) is 2.22. The van der Waals surface area contributed by atoms with Crippen LogP contribution >= 0.6 is 11.6 Å². The molecule has 0 amide bonds. The molecule has 17 heavy (non-hydrogen) atoms. The van der Waals surface area contributed by atoms with Crippen LogP contribution in [0.15, 0.2) is 18.2 Å². The molecule has 1 fully saturated rings. The predicted molar refractivity (Wildman–Crippen MR) is 68.8 cm³/mol. The molecule has 0 N–H and O–H groups in total. The van der Waals surface area contributed by atoms with E-state index in [1.807, 2.05) is 0 Å². The van der Waals surface area contributed by atoms with E-state index in [0.29, 0.717) is 11.7 Å². The van der Waals surface area contributed by atoms with Crippen LogP contribution in [0.5, 0.6) is 0 Å². The van der Waals surface area contributed by atoms with Gasteiger partial charge in [0.1, 0.15) is 10.7 Å². The number of para-hydroxylation sites is 1. The highest BCUT2D eigenvalue weighted by Gasteiger charge is 2.29. The molecule has 1 aromatic carbocycles. The Morgan fingerprint density at radius 1 is 1.59 bits per heavy atom. The van der Waals surface area contributed by atoms with Crippen molar-refractivity contribution in [1.82, 2.24) is 0 Å². The second kappa shape index (κ2) is 4.92. The lowest BCUT2D eigenvalue weighted by molar-refractivity contribution is -0.384. The van der Waals surface area contributed by atoms with E-state index < -0.39 is 0 Å². The van der Waals surface area contributed by atoms with Crippen molar-refractivity contribution in [2.75, 3.05) is 11.4 Å². The number of halogens is 1. The van der Waals surface area contributed by atoms with Crippen LogP contribution in [0, 0.1) is 10.1 Å². The number of anilines is 1. The van der Waals surface area contributed by atoms with Gasteiger partial charge in [-0.1, -0.05) is 24.6 Å². The van der Waals surface area contributed by atoms with Gasteiger partial charge in [0.05, 0.1) is 4.92 Å². The van der Waals surface area contributed by atoms with Gasteiger partial charge >= 0.3 is 5.69 Å². The number of benzene rings is 1. The smallest absolute Gasteiger partial charge is 0.310 e. The van der Waals surface area contributed by atoms with E-state index in [4.69, 9.17) is 11.6 Å². The van der Waals surface area contributed by atoms with E-state index >= 15 is 0 Å². The summed E-state index contributed by atoms with van der Waals surface area (Å²) < 4.78 is 0. The zero-order chi connectivity index (χ0) is 12.4. The van der Waals surface area contributed by atoms with Crippen LogP contribution in [-0.2, 0) is 0 Å². The minimum atomic E-state index is -0.386. The summed E-state index contributed by atoms with van der Waals surface area (Å²) in [5.74, 6) is 0. The van der Waals surface area contributed by atoms with Gasteiger partial charge in [-0.2, -0.15) is 0 Å². The Kier molecular flexibility index (Phi) is 3.52. The van der Waals surface area contributed by atoms with E-state index in [0.717, 1.165) is 25.8 Å². The molecule has 5 heteroatoms. The maximum atomic E-state index is 11.1. The van der Waals surface area contributed by atoms with Crippen LogP contribution < -0.4 is 4.90 Å². The maximum Gasteiger partial charge on any atom is 0.310 e. The summed E-state index contributed by atoms with van der Waals surface area (Å²) in [6.45, 7) is 2.99. The van der Waals surface area contributed by atoms with Crippen molar-refractivity contribution >= 4 is 23.0 Å². The number of hydrogen-bond donors (Lipinski definition) is 0. The Labute approximate surface area is 105 Å². The van der Waals surface area contributed by atoms with Gasteiger partial charge in [0, 0.05) is 12.6 Å². The maximum absolute atomic E-state index is 11.1. The summed E-state index contributed by atoms with van der Waals surface area (Å²) in [7, 11) is 0. The van der Waals surface area contributed by atoms with Gasteiger partial charge in [-0.05, 0) is 31.4 Å². The predicted octanol–water partition coefficient (Wildman–Crippen LogP) is 3.63. The van der Waals surface area contributed by atoms with E-state index in [1.165, 1.54) is 0 Å². The molecule has 0 radical (unpaired) electrons. The molecule has 0 saturated carbocycles. The zero-order valence-electron chi connectivity index (χ0n) is 9.73. The molecule has 1 unspecified atom stereocenters. The van der Waals surface area contributed by atoms with Gasteiger partial charge in [-0.25, -0.2) is 0 Å². The second-order valence-electron chi connectivity index (χ2n) is 4.26. The summed E-state index contributed by atoms with van der Waals surface area (Å²) in [5, 5.41) is 11.3. The normalized spacial score (nSPS) is 19.6. The van der Waals surface area contributed by atoms with Crippen molar-refractivity contribution in [3.8, 4) is 0 Å². The average Bonchev–Trinajstić information content (AvgIpc) is 2.75. The highest BCUT2D eigenvalue weighted by molar-refractivity contribution is 6.33. The van der Waals surface area contributed by atoms with Gasteiger partial charge in [-0.3, -0.25) is 10.1 Å². The minimum Gasteiger partial charge on any atom is -0.363 e. The first-order valence-electron chi connectivity index (χ1n) is 5.84. The number of nitro groups is 1. The second-order valence-corrected chi connectivity index (χ2v) is 4.67. The van der Waals surface area contributed by atoms with Crippen molar-refractivity contribution in [2.24, 2.45) is 0 Å². The van der Waals surface area contributed by atoms with Crippen LogP contribution in [0.4, 0.5) is 11.4 Å². The molecule has 0 spiro atoms. The highest BCUT2D eigenvalue weighted by atomic mass is 35.5. The Morgan fingerprint density at radius 2 is 2.35 bits per heavy atom. The van der Waals surface area contributed by atoms with Crippen LogP contribution in [-0.4, -0.2) is 17.5 Å². The first-order valence-corrected chi connectivity index (χ1v) is 6.22. The Hall–Kier alpha value is -1.29. The summed E-state index contributed by atoms with van der Waals surface area (Å²) in [4.78, 5) is 12.8.